The average molecular weight is 188 g/mol. The molecule has 0 bridgehead atoms. The zero-order valence-electron chi connectivity index (χ0n) is 7.20. The maximum absolute atomic E-state index is 8.73. The number of aliphatic hydroxyl groups excluding tert-OH is 1. The largest absolute Gasteiger partial charge is 0.396 e. The lowest BCUT2D eigenvalue weighted by Gasteiger charge is -2.14. The summed E-state index contributed by atoms with van der Waals surface area (Å²) in [4.78, 5) is 2.82. The van der Waals surface area contributed by atoms with E-state index in [9.17, 15) is 0 Å². The van der Waals surface area contributed by atoms with Crippen molar-refractivity contribution in [3.05, 3.63) is 0 Å². The minimum absolute atomic E-state index is 0.297. The van der Waals surface area contributed by atoms with E-state index in [1.165, 1.54) is 6.42 Å². The lowest BCUT2D eigenvalue weighted by molar-refractivity contribution is 0.255. The molecule has 4 heteroatoms. The van der Waals surface area contributed by atoms with Gasteiger partial charge in [0.05, 0.1) is 4.99 Å². The Morgan fingerprint density at radius 1 is 1.67 bits per heavy atom. The summed E-state index contributed by atoms with van der Waals surface area (Å²) in [5, 5.41) is 8.73. The molecular weight excluding hydrogens is 172 g/mol. The van der Waals surface area contributed by atoms with Crippen LogP contribution in [0.4, 0.5) is 0 Å². The Kier molecular flexibility index (Phi) is 3.91. The Morgan fingerprint density at radius 2 is 2.42 bits per heavy atom. The third-order valence-electron chi connectivity index (χ3n) is 2.29. The maximum Gasteiger partial charge on any atom is 0.0870 e. The highest BCUT2D eigenvalue weighted by Gasteiger charge is 2.21. The van der Waals surface area contributed by atoms with Gasteiger partial charge < -0.3 is 10.8 Å². The van der Waals surface area contributed by atoms with Crippen LogP contribution in [0.3, 0.4) is 0 Å². The minimum Gasteiger partial charge on any atom is -0.396 e. The standard InChI is InChI=1S/C8H16N2OS/c9-8(12)6-10-3-1-7(5-10)2-4-11/h7,11H,1-6H2,(H2,9,12). The van der Waals surface area contributed by atoms with Crippen molar-refractivity contribution in [2.75, 3.05) is 26.2 Å². The van der Waals surface area contributed by atoms with Gasteiger partial charge >= 0.3 is 0 Å². The van der Waals surface area contributed by atoms with Crippen molar-refractivity contribution in [1.82, 2.24) is 4.90 Å². The number of thiocarbonyl (C=S) groups is 1. The lowest BCUT2D eigenvalue weighted by atomic mass is 10.1. The highest BCUT2D eigenvalue weighted by atomic mass is 32.1. The van der Waals surface area contributed by atoms with E-state index in [-0.39, 0.29) is 0 Å². The van der Waals surface area contributed by atoms with Crippen molar-refractivity contribution in [2.24, 2.45) is 11.7 Å². The quantitative estimate of drug-likeness (QED) is 0.609. The predicted octanol–water partition coefficient (Wildman–Crippen LogP) is -0.0232. The molecule has 0 spiro atoms. The lowest BCUT2D eigenvalue weighted by Crippen LogP contribution is -2.30. The van der Waals surface area contributed by atoms with Crippen LogP contribution in [0.2, 0.25) is 0 Å². The summed E-state index contributed by atoms with van der Waals surface area (Å²) in [6.45, 7) is 3.14. The van der Waals surface area contributed by atoms with Crippen LogP contribution in [0.5, 0.6) is 0 Å². The number of likely N-dealkylation sites (tertiary alicyclic amines) is 1. The summed E-state index contributed by atoms with van der Waals surface area (Å²) < 4.78 is 0. The van der Waals surface area contributed by atoms with Gasteiger partial charge in [0, 0.05) is 19.7 Å². The monoisotopic (exact) mass is 188 g/mol. The van der Waals surface area contributed by atoms with Crippen LogP contribution < -0.4 is 5.73 Å². The van der Waals surface area contributed by atoms with Gasteiger partial charge in [-0.1, -0.05) is 12.2 Å². The van der Waals surface area contributed by atoms with Crippen molar-refractivity contribution in [1.29, 1.82) is 0 Å². The van der Waals surface area contributed by atoms with Crippen molar-refractivity contribution >= 4 is 17.2 Å². The molecule has 3 N–H and O–H groups in total. The summed E-state index contributed by atoms with van der Waals surface area (Å²) in [6.07, 6.45) is 2.08. The van der Waals surface area contributed by atoms with E-state index >= 15 is 0 Å². The van der Waals surface area contributed by atoms with Gasteiger partial charge in [0.15, 0.2) is 0 Å². The molecule has 0 amide bonds. The molecule has 0 saturated carbocycles. The van der Waals surface area contributed by atoms with E-state index in [1.807, 2.05) is 0 Å². The molecule has 1 fully saturated rings. The molecule has 1 saturated heterocycles. The number of hydrogen-bond acceptors (Lipinski definition) is 3. The fourth-order valence-electron chi connectivity index (χ4n) is 1.70. The molecular formula is C8H16N2OS. The first-order valence-electron chi connectivity index (χ1n) is 4.34. The molecule has 0 aromatic heterocycles. The zero-order chi connectivity index (χ0) is 8.97. The van der Waals surface area contributed by atoms with E-state index in [0.717, 1.165) is 26.1 Å². The molecule has 1 heterocycles. The highest BCUT2D eigenvalue weighted by molar-refractivity contribution is 7.80. The van der Waals surface area contributed by atoms with E-state index in [2.05, 4.69) is 4.90 Å². The van der Waals surface area contributed by atoms with Crippen molar-refractivity contribution < 1.29 is 5.11 Å². The van der Waals surface area contributed by atoms with E-state index in [4.69, 9.17) is 23.1 Å². The summed E-state index contributed by atoms with van der Waals surface area (Å²) in [5.41, 5.74) is 5.43. The van der Waals surface area contributed by atoms with Gasteiger partial charge in [-0.05, 0) is 25.3 Å². The maximum atomic E-state index is 8.73. The molecule has 70 valence electrons. The summed E-state index contributed by atoms with van der Waals surface area (Å²) in [6, 6.07) is 0. The first-order chi connectivity index (χ1) is 5.72. The molecule has 12 heavy (non-hydrogen) atoms. The van der Waals surface area contributed by atoms with Gasteiger partial charge in [-0.2, -0.15) is 0 Å². The third-order valence-corrected chi connectivity index (χ3v) is 2.42. The molecule has 3 nitrogen and oxygen atoms in total. The number of aliphatic hydroxyl groups is 1. The predicted molar refractivity (Wildman–Crippen MR) is 53.0 cm³/mol. The highest BCUT2D eigenvalue weighted by Crippen LogP contribution is 2.18. The summed E-state index contributed by atoms with van der Waals surface area (Å²) in [5.74, 6) is 0.643. The van der Waals surface area contributed by atoms with Gasteiger partial charge in [-0.15, -0.1) is 0 Å². The Balaban J connectivity index is 2.21. The molecule has 1 aliphatic heterocycles. The molecule has 1 aliphatic rings. The second kappa shape index (κ2) is 4.74. The number of hydrogen-bond donors (Lipinski definition) is 2. The van der Waals surface area contributed by atoms with Crippen LogP contribution in [0.25, 0.3) is 0 Å². The number of nitrogens with two attached hydrogens (primary N) is 1. The van der Waals surface area contributed by atoms with Gasteiger partial charge in [0.2, 0.25) is 0 Å². The van der Waals surface area contributed by atoms with Gasteiger partial charge in [0.1, 0.15) is 0 Å². The fourth-order valence-corrected chi connectivity index (χ4v) is 1.88. The minimum atomic E-state index is 0.297. The van der Waals surface area contributed by atoms with Gasteiger partial charge in [-0.25, -0.2) is 0 Å². The van der Waals surface area contributed by atoms with Crippen LogP contribution in [0, 0.1) is 5.92 Å². The average Bonchev–Trinajstić information content (AvgIpc) is 2.36. The van der Waals surface area contributed by atoms with Crippen LogP contribution >= 0.6 is 12.2 Å². The SMILES string of the molecule is NC(=S)CN1CCC(CCO)C1. The summed E-state index contributed by atoms with van der Waals surface area (Å²) in [7, 11) is 0. The molecule has 1 unspecified atom stereocenters. The van der Waals surface area contributed by atoms with Crippen LogP contribution in [-0.4, -0.2) is 41.2 Å². The van der Waals surface area contributed by atoms with Crippen LogP contribution in [0.15, 0.2) is 0 Å². The number of rotatable bonds is 4. The first-order valence-corrected chi connectivity index (χ1v) is 4.74. The van der Waals surface area contributed by atoms with Crippen LogP contribution in [-0.2, 0) is 0 Å². The number of nitrogens with zero attached hydrogens (tertiary/aromatic N) is 1. The zero-order valence-corrected chi connectivity index (χ0v) is 8.02. The molecule has 0 aromatic carbocycles. The van der Waals surface area contributed by atoms with Crippen LogP contribution in [0.1, 0.15) is 12.8 Å². The Morgan fingerprint density at radius 3 is 3.00 bits per heavy atom. The van der Waals surface area contributed by atoms with Crippen molar-refractivity contribution in [3.8, 4) is 0 Å². The molecule has 0 aromatic rings. The van der Waals surface area contributed by atoms with Crippen molar-refractivity contribution in [3.63, 3.8) is 0 Å². The second-order valence-electron chi connectivity index (χ2n) is 3.37. The molecule has 1 rings (SSSR count). The third kappa shape index (κ3) is 3.05. The first kappa shape index (κ1) is 9.89. The van der Waals surface area contributed by atoms with Crippen molar-refractivity contribution in [2.45, 2.75) is 12.8 Å². The van der Waals surface area contributed by atoms with Gasteiger partial charge in [0.25, 0.3) is 0 Å². The van der Waals surface area contributed by atoms with E-state index < -0.39 is 0 Å². The normalized spacial score (nSPS) is 24.6. The smallest absolute Gasteiger partial charge is 0.0870 e. The van der Waals surface area contributed by atoms with Gasteiger partial charge in [-0.3, -0.25) is 4.90 Å². The topological polar surface area (TPSA) is 49.5 Å². The second-order valence-corrected chi connectivity index (χ2v) is 3.89. The Labute approximate surface area is 78.5 Å². The van der Waals surface area contributed by atoms with E-state index in [1.54, 1.807) is 0 Å². The Hall–Kier alpha value is -0.190. The Bertz CT molecular complexity index is 163. The molecule has 0 aliphatic carbocycles. The fraction of sp³-hybridized carbons (Fsp3) is 0.875. The molecule has 1 atom stereocenters. The molecule has 0 radical (unpaired) electrons. The van der Waals surface area contributed by atoms with E-state index in [0.29, 0.717) is 17.5 Å². The summed E-state index contributed by atoms with van der Waals surface area (Å²) >= 11 is 4.82.